The Morgan fingerprint density at radius 2 is 1.90 bits per heavy atom. The van der Waals surface area contributed by atoms with Crippen molar-refractivity contribution >= 4 is 39.6 Å². The molecule has 2 aromatic carbocycles. The molecule has 0 radical (unpaired) electrons. The Bertz CT molecular complexity index is 1580. The number of nitrogens with zero attached hydrogens (tertiary/aromatic N) is 5. The maximum Gasteiger partial charge on any atom is 0.407 e. The van der Waals surface area contributed by atoms with Gasteiger partial charge in [-0.15, -0.1) is 0 Å². The number of benzene rings is 2. The number of hydrogen-bond acceptors (Lipinski definition) is 5. The van der Waals surface area contributed by atoms with Crippen molar-refractivity contribution < 1.29 is 14.3 Å². The third kappa shape index (κ3) is 5.24. The van der Waals surface area contributed by atoms with Gasteiger partial charge in [0.15, 0.2) is 5.82 Å². The van der Waals surface area contributed by atoms with E-state index in [-0.39, 0.29) is 11.9 Å². The SMILES string of the molecule is CCn1c(-c2nc3cc(C(=O)N4CCCC(NC(=O)OC(C)(C)C)C4)cc(N(C)C)c3n2C)cc2ccccc21. The Hall–Kier alpha value is -4.01. The molecule has 2 aromatic heterocycles. The minimum Gasteiger partial charge on any atom is -0.444 e. The van der Waals surface area contributed by atoms with E-state index in [4.69, 9.17) is 9.72 Å². The van der Waals surface area contributed by atoms with E-state index >= 15 is 0 Å². The van der Waals surface area contributed by atoms with Gasteiger partial charge in [0.25, 0.3) is 5.91 Å². The normalized spacial score (nSPS) is 16.0. The first-order valence-corrected chi connectivity index (χ1v) is 14.0. The predicted octanol–water partition coefficient (Wildman–Crippen LogP) is 5.41. The van der Waals surface area contributed by atoms with Crippen molar-refractivity contribution in [2.45, 2.75) is 58.7 Å². The number of carbonyl (C=O) groups excluding carboxylic acids is 2. The van der Waals surface area contributed by atoms with Gasteiger partial charge in [-0.05, 0) is 64.8 Å². The fourth-order valence-electron chi connectivity index (χ4n) is 5.69. The average molecular weight is 545 g/mol. The van der Waals surface area contributed by atoms with E-state index in [9.17, 15) is 9.59 Å². The van der Waals surface area contributed by atoms with Crippen LogP contribution in [0.1, 0.15) is 50.9 Å². The molecule has 5 rings (SSSR count). The molecule has 9 nitrogen and oxygen atoms in total. The number of fused-ring (bicyclic) bond motifs is 2. The monoisotopic (exact) mass is 544 g/mol. The summed E-state index contributed by atoms with van der Waals surface area (Å²) in [4.78, 5) is 35.1. The van der Waals surface area contributed by atoms with Crippen LogP contribution in [0.4, 0.5) is 10.5 Å². The van der Waals surface area contributed by atoms with Crippen molar-refractivity contribution in [3.63, 3.8) is 0 Å². The smallest absolute Gasteiger partial charge is 0.407 e. The number of piperidine rings is 1. The molecular weight excluding hydrogens is 504 g/mol. The molecule has 9 heteroatoms. The van der Waals surface area contributed by atoms with E-state index in [1.54, 1.807) is 0 Å². The quantitative estimate of drug-likeness (QED) is 0.363. The largest absolute Gasteiger partial charge is 0.444 e. The Morgan fingerprint density at radius 1 is 1.15 bits per heavy atom. The molecule has 1 aliphatic heterocycles. The summed E-state index contributed by atoms with van der Waals surface area (Å²) in [6, 6.07) is 14.3. The number of amides is 2. The lowest BCUT2D eigenvalue weighted by Crippen LogP contribution is -2.50. The number of alkyl carbamates (subject to hydrolysis) is 1. The summed E-state index contributed by atoms with van der Waals surface area (Å²) in [6.07, 6.45) is 1.17. The van der Waals surface area contributed by atoms with Crippen LogP contribution in [0.5, 0.6) is 0 Å². The number of imidazole rings is 1. The minimum absolute atomic E-state index is 0.0597. The fourth-order valence-corrected chi connectivity index (χ4v) is 5.69. The number of ether oxygens (including phenoxy) is 1. The van der Waals surface area contributed by atoms with Gasteiger partial charge in [0.05, 0.1) is 22.4 Å². The molecule has 1 aliphatic rings. The van der Waals surface area contributed by atoms with Gasteiger partial charge in [-0.2, -0.15) is 0 Å². The van der Waals surface area contributed by atoms with E-state index in [1.165, 1.54) is 10.9 Å². The summed E-state index contributed by atoms with van der Waals surface area (Å²) in [6.45, 7) is 9.57. The molecule has 1 saturated heterocycles. The minimum atomic E-state index is -0.570. The lowest BCUT2D eigenvalue weighted by Gasteiger charge is -2.33. The van der Waals surface area contributed by atoms with Crippen molar-refractivity contribution in [3.8, 4) is 11.5 Å². The highest BCUT2D eigenvalue weighted by atomic mass is 16.6. The van der Waals surface area contributed by atoms with Gasteiger partial charge in [0, 0.05) is 63.3 Å². The Morgan fingerprint density at radius 3 is 2.60 bits per heavy atom. The van der Waals surface area contributed by atoms with E-state index in [0.29, 0.717) is 18.7 Å². The molecule has 2 amide bonds. The second kappa shape index (κ2) is 10.5. The first-order chi connectivity index (χ1) is 19.0. The van der Waals surface area contributed by atoms with Crippen LogP contribution < -0.4 is 10.2 Å². The van der Waals surface area contributed by atoms with E-state index in [1.807, 2.05) is 63.8 Å². The number of rotatable bonds is 5. The molecule has 212 valence electrons. The standard InChI is InChI=1S/C31H40N6O3/c1-8-37-24-14-10-9-12-20(24)17-26(37)28-33-23-16-21(18-25(34(5)6)27(23)35(28)7)29(38)36-15-11-13-22(19-36)32-30(39)40-31(2,3)4/h9-10,12,14,16-18,22H,8,11,13,15,19H2,1-7H3,(H,32,39). The molecule has 0 aliphatic carbocycles. The number of hydrogen-bond donors (Lipinski definition) is 1. The van der Waals surface area contributed by atoms with Gasteiger partial charge in [-0.25, -0.2) is 9.78 Å². The number of aryl methyl sites for hydroxylation is 2. The van der Waals surface area contributed by atoms with Crippen LogP contribution in [0.3, 0.4) is 0 Å². The summed E-state index contributed by atoms with van der Waals surface area (Å²) in [5.41, 5.74) is 4.94. The highest BCUT2D eigenvalue weighted by molar-refractivity contribution is 6.02. The molecule has 0 spiro atoms. The molecule has 1 unspecified atom stereocenters. The second-order valence-corrected chi connectivity index (χ2v) is 11.8. The van der Waals surface area contributed by atoms with Crippen molar-refractivity contribution in [2.24, 2.45) is 7.05 Å². The lowest BCUT2D eigenvalue weighted by molar-refractivity contribution is 0.0452. The first-order valence-electron chi connectivity index (χ1n) is 14.0. The van der Waals surface area contributed by atoms with Crippen LogP contribution in [0, 0.1) is 0 Å². The molecule has 0 bridgehead atoms. The third-order valence-corrected chi connectivity index (χ3v) is 7.46. The Balaban J connectivity index is 1.49. The maximum absolute atomic E-state index is 13.8. The number of likely N-dealkylation sites (tertiary alicyclic amines) is 1. The Kier molecular flexibility index (Phi) is 7.25. The number of carbonyl (C=O) groups is 2. The first kappa shape index (κ1) is 27.6. The Labute approximate surface area is 235 Å². The van der Waals surface area contributed by atoms with Crippen LogP contribution in [0.2, 0.25) is 0 Å². The van der Waals surface area contributed by atoms with Crippen molar-refractivity contribution in [1.82, 2.24) is 24.3 Å². The maximum atomic E-state index is 13.8. The molecular formula is C31H40N6O3. The van der Waals surface area contributed by atoms with Crippen LogP contribution >= 0.6 is 0 Å². The molecule has 1 N–H and O–H groups in total. The average Bonchev–Trinajstić information content (AvgIpc) is 3.43. The molecule has 0 saturated carbocycles. The van der Waals surface area contributed by atoms with Crippen molar-refractivity contribution in [1.29, 1.82) is 0 Å². The van der Waals surface area contributed by atoms with Gasteiger partial charge in [-0.3, -0.25) is 4.79 Å². The number of para-hydroxylation sites is 1. The summed E-state index contributed by atoms with van der Waals surface area (Å²) >= 11 is 0. The predicted molar refractivity (Wildman–Crippen MR) is 160 cm³/mol. The van der Waals surface area contributed by atoms with Gasteiger partial charge >= 0.3 is 6.09 Å². The summed E-state index contributed by atoms with van der Waals surface area (Å²) in [7, 11) is 6.01. The van der Waals surface area contributed by atoms with E-state index in [0.717, 1.165) is 47.6 Å². The van der Waals surface area contributed by atoms with Crippen molar-refractivity contribution in [3.05, 3.63) is 48.0 Å². The van der Waals surface area contributed by atoms with Gasteiger partial charge in [0.1, 0.15) is 5.60 Å². The lowest BCUT2D eigenvalue weighted by atomic mass is 10.0. The molecule has 40 heavy (non-hydrogen) atoms. The number of anilines is 1. The van der Waals surface area contributed by atoms with Crippen molar-refractivity contribution in [2.75, 3.05) is 32.1 Å². The number of aromatic nitrogens is 3. The summed E-state index contributed by atoms with van der Waals surface area (Å²) in [5, 5.41) is 4.12. The molecule has 4 aromatic rings. The second-order valence-electron chi connectivity index (χ2n) is 11.8. The van der Waals surface area contributed by atoms with Gasteiger partial charge in [0.2, 0.25) is 0 Å². The van der Waals surface area contributed by atoms with Crippen LogP contribution in [-0.2, 0) is 18.3 Å². The van der Waals surface area contributed by atoms with E-state index in [2.05, 4.69) is 51.7 Å². The van der Waals surface area contributed by atoms with Crippen LogP contribution in [0.25, 0.3) is 33.5 Å². The summed E-state index contributed by atoms with van der Waals surface area (Å²) in [5.74, 6) is 0.802. The zero-order valence-corrected chi connectivity index (χ0v) is 24.6. The highest BCUT2D eigenvalue weighted by Crippen LogP contribution is 2.34. The molecule has 1 atom stereocenters. The highest BCUT2D eigenvalue weighted by Gasteiger charge is 2.28. The zero-order valence-electron chi connectivity index (χ0n) is 24.6. The topological polar surface area (TPSA) is 84.6 Å². The van der Waals surface area contributed by atoms with E-state index < -0.39 is 11.7 Å². The molecule has 1 fully saturated rings. The molecule has 3 heterocycles. The zero-order chi connectivity index (χ0) is 28.8. The van der Waals surface area contributed by atoms with Gasteiger partial charge < -0.3 is 29.0 Å². The third-order valence-electron chi connectivity index (χ3n) is 7.46. The fraction of sp³-hybridized carbons (Fsp3) is 0.452. The summed E-state index contributed by atoms with van der Waals surface area (Å²) < 4.78 is 9.83. The number of nitrogens with one attached hydrogen (secondary N) is 1. The van der Waals surface area contributed by atoms with Crippen LogP contribution in [-0.4, -0.2) is 69.8 Å². The van der Waals surface area contributed by atoms with Gasteiger partial charge in [-0.1, -0.05) is 18.2 Å². The van der Waals surface area contributed by atoms with Crippen LogP contribution in [0.15, 0.2) is 42.5 Å².